The maximum absolute atomic E-state index is 6.50. The van der Waals surface area contributed by atoms with Crippen molar-refractivity contribution in [2.24, 2.45) is 0 Å². The molecule has 0 bridgehead atoms. The van der Waals surface area contributed by atoms with Crippen molar-refractivity contribution in [1.29, 1.82) is 0 Å². The Bertz CT molecular complexity index is 2420. The fourth-order valence-corrected chi connectivity index (χ4v) is 6.09. The van der Waals surface area contributed by atoms with E-state index in [0.717, 1.165) is 71.4 Å². The van der Waals surface area contributed by atoms with Gasteiger partial charge in [-0.1, -0.05) is 54.6 Å². The molecule has 0 aliphatic heterocycles. The van der Waals surface area contributed by atoms with E-state index >= 15 is 0 Å². The van der Waals surface area contributed by atoms with Crippen molar-refractivity contribution >= 4 is 76.3 Å². The lowest BCUT2D eigenvalue weighted by Gasteiger charge is -2.11. The zero-order valence-electron chi connectivity index (χ0n) is 20.1. The third-order valence-corrected chi connectivity index (χ3v) is 7.69. The summed E-state index contributed by atoms with van der Waals surface area (Å²) < 4.78 is 8.79. The van der Waals surface area contributed by atoms with Gasteiger partial charge in [-0.15, -0.1) is 0 Å². The van der Waals surface area contributed by atoms with Crippen molar-refractivity contribution in [1.82, 2.24) is 19.5 Å². The molecule has 9 rings (SSSR count). The predicted octanol–water partition coefficient (Wildman–Crippen LogP) is 8.33. The summed E-state index contributed by atoms with van der Waals surface area (Å²) in [6, 6.07) is 31.4. The summed E-state index contributed by atoms with van der Waals surface area (Å²) in [7, 11) is 0. The zero-order valence-corrected chi connectivity index (χ0v) is 20.1. The predicted molar refractivity (Wildman–Crippen MR) is 154 cm³/mol. The number of hydrogen-bond donors (Lipinski definition) is 0. The molecule has 4 aromatic carbocycles. The van der Waals surface area contributed by atoms with Crippen molar-refractivity contribution < 1.29 is 4.42 Å². The van der Waals surface area contributed by atoms with E-state index in [1.807, 2.05) is 36.8 Å². The second-order valence-electron chi connectivity index (χ2n) is 9.68. The second-order valence-corrected chi connectivity index (χ2v) is 9.68. The number of para-hydroxylation sites is 2. The molecule has 0 spiro atoms. The van der Waals surface area contributed by atoms with E-state index in [-0.39, 0.29) is 0 Å². The number of fused-ring (bicyclic) bond motifs is 13. The topological polar surface area (TPSA) is 56.7 Å². The molecule has 5 nitrogen and oxygen atoms in total. The van der Waals surface area contributed by atoms with Crippen LogP contribution in [0.4, 0.5) is 0 Å². The molecule has 0 aliphatic rings. The minimum atomic E-state index is 0.846. The highest BCUT2D eigenvalue weighted by atomic mass is 16.3. The molecular formula is C33H18N4O. The largest absolute Gasteiger partial charge is 0.455 e. The van der Waals surface area contributed by atoms with Crippen LogP contribution in [-0.4, -0.2) is 19.5 Å². The van der Waals surface area contributed by atoms with Gasteiger partial charge < -0.3 is 4.42 Å². The molecule has 9 aromatic rings. The first-order chi connectivity index (χ1) is 18.9. The van der Waals surface area contributed by atoms with Crippen LogP contribution in [0.15, 0.2) is 114 Å². The first kappa shape index (κ1) is 19.8. The summed E-state index contributed by atoms with van der Waals surface area (Å²) in [6.45, 7) is 0. The highest BCUT2D eigenvalue weighted by molar-refractivity contribution is 6.35. The van der Waals surface area contributed by atoms with Gasteiger partial charge in [0.1, 0.15) is 17.0 Å². The van der Waals surface area contributed by atoms with Crippen LogP contribution in [0.25, 0.3) is 82.1 Å². The van der Waals surface area contributed by atoms with E-state index in [1.165, 1.54) is 10.8 Å². The lowest BCUT2D eigenvalue weighted by Crippen LogP contribution is -1.98. The lowest BCUT2D eigenvalue weighted by atomic mass is 10.0. The Hall–Kier alpha value is -5.29. The lowest BCUT2D eigenvalue weighted by molar-refractivity contribution is 0.672. The minimum absolute atomic E-state index is 0.846. The van der Waals surface area contributed by atoms with Gasteiger partial charge in [-0.3, -0.25) is 14.5 Å². The van der Waals surface area contributed by atoms with Crippen LogP contribution < -0.4 is 0 Å². The van der Waals surface area contributed by atoms with Gasteiger partial charge >= 0.3 is 0 Å². The van der Waals surface area contributed by atoms with Gasteiger partial charge in [0.05, 0.1) is 27.5 Å². The SMILES string of the molecule is c1cnc2c(c1)ccc1ccc(-n3c4ccccc4c4c5ccncc5c5oc6ccccc6c5c43)nc12. The number of furan rings is 1. The van der Waals surface area contributed by atoms with Crippen LogP contribution in [0.5, 0.6) is 0 Å². The number of aromatic nitrogens is 4. The van der Waals surface area contributed by atoms with Gasteiger partial charge in [-0.25, -0.2) is 4.98 Å². The summed E-state index contributed by atoms with van der Waals surface area (Å²) in [5.74, 6) is 0.849. The summed E-state index contributed by atoms with van der Waals surface area (Å²) in [5, 5.41) is 8.77. The summed E-state index contributed by atoms with van der Waals surface area (Å²) in [4.78, 5) is 14.4. The fourth-order valence-electron chi connectivity index (χ4n) is 6.09. The Kier molecular flexibility index (Phi) is 3.73. The minimum Gasteiger partial charge on any atom is -0.455 e. The Morgan fingerprint density at radius 2 is 1.42 bits per heavy atom. The number of benzene rings is 4. The molecule has 5 heteroatoms. The zero-order chi connectivity index (χ0) is 24.8. The van der Waals surface area contributed by atoms with Crippen LogP contribution in [0.1, 0.15) is 0 Å². The summed E-state index contributed by atoms with van der Waals surface area (Å²) in [5.41, 5.74) is 5.69. The van der Waals surface area contributed by atoms with Crippen molar-refractivity contribution in [3.63, 3.8) is 0 Å². The van der Waals surface area contributed by atoms with Crippen LogP contribution in [0.3, 0.4) is 0 Å². The van der Waals surface area contributed by atoms with Gasteiger partial charge in [0.25, 0.3) is 0 Å². The van der Waals surface area contributed by atoms with Crippen molar-refractivity contribution in [3.8, 4) is 5.82 Å². The molecule has 0 N–H and O–H groups in total. The van der Waals surface area contributed by atoms with E-state index in [0.29, 0.717) is 0 Å². The average molecular weight is 487 g/mol. The van der Waals surface area contributed by atoms with Gasteiger partial charge in [0.2, 0.25) is 0 Å². The quantitative estimate of drug-likeness (QED) is 0.219. The number of hydrogen-bond acceptors (Lipinski definition) is 4. The molecule has 38 heavy (non-hydrogen) atoms. The number of rotatable bonds is 1. The summed E-state index contributed by atoms with van der Waals surface area (Å²) in [6.07, 6.45) is 5.60. The maximum Gasteiger partial charge on any atom is 0.146 e. The fraction of sp³-hybridized carbons (Fsp3) is 0. The number of nitrogens with zero attached hydrogens (tertiary/aromatic N) is 4. The molecule has 0 amide bonds. The van der Waals surface area contributed by atoms with Gasteiger partial charge in [-0.2, -0.15) is 0 Å². The summed E-state index contributed by atoms with van der Waals surface area (Å²) >= 11 is 0. The molecule has 0 fully saturated rings. The Labute approximate surface area is 215 Å². The normalized spacial score (nSPS) is 12.2. The highest BCUT2D eigenvalue weighted by Crippen LogP contribution is 2.45. The van der Waals surface area contributed by atoms with Crippen LogP contribution in [0, 0.1) is 0 Å². The molecular weight excluding hydrogens is 468 g/mol. The van der Waals surface area contributed by atoms with Crippen LogP contribution in [-0.2, 0) is 0 Å². The first-order valence-corrected chi connectivity index (χ1v) is 12.6. The Balaban J connectivity index is 1.56. The van der Waals surface area contributed by atoms with Crippen LogP contribution in [0.2, 0.25) is 0 Å². The Morgan fingerprint density at radius 3 is 2.37 bits per heavy atom. The molecule has 0 unspecified atom stereocenters. The third-order valence-electron chi connectivity index (χ3n) is 7.69. The molecule has 0 aliphatic carbocycles. The first-order valence-electron chi connectivity index (χ1n) is 12.6. The van der Waals surface area contributed by atoms with E-state index in [4.69, 9.17) is 9.40 Å². The molecule has 0 saturated heterocycles. The van der Waals surface area contributed by atoms with Crippen molar-refractivity contribution in [2.75, 3.05) is 0 Å². The van der Waals surface area contributed by atoms with Crippen molar-refractivity contribution in [3.05, 3.63) is 110 Å². The van der Waals surface area contributed by atoms with Crippen LogP contribution >= 0.6 is 0 Å². The molecule has 0 atom stereocenters. The maximum atomic E-state index is 6.50. The van der Waals surface area contributed by atoms with Gasteiger partial charge in [-0.05, 0) is 41.8 Å². The van der Waals surface area contributed by atoms with E-state index < -0.39 is 0 Å². The highest BCUT2D eigenvalue weighted by Gasteiger charge is 2.23. The molecule has 0 saturated carbocycles. The smallest absolute Gasteiger partial charge is 0.146 e. The van der Waals surface area contributed by atoms with Gasteiger partial charge in [0.15, 0.2) is 0 Å². The van der Waals surface area contributed by atoms with Crippen molar-refractivity contribution in [2.45, 2.75) is 0 Å². The van der Waals surface area contributed by atoms with E-state index in [9.17, 15) is 0 Å². The molecule has 176 valence electrons. The Morgan fingerprint density at radius 1 is 0.605 bits per heavy atom. The monoisotopic (exact) mass is 486 g/mol. The third kappa shape index (κ3) is 2.47. The standard InChI is InChI=1S/C33H18N4O/c1-3-9-25-22(7-1)28-21-15-17-34-18-24(21)33-29(23-8-2-4-10-26(23)38-33)32(28)37(25)27-14-13-20-12-11-19-6-5-16-35-30(19)31(20)36-27/h1-18H. The second kappa shape index (κ2) is 7.14. The molecule has 0 radical (unpaired) electrons. The molecule has 5 aromatic heterocycles. The van der Waals surface area contributed by atoms with Gasteiger partial charge in [0, 0.05) is 50.9 Å². The molecule has 5 heterocycles. The van der Waals surface area contributed by atoms with E-state index in [1.54, 1.807) is 0 Å². The van der Waals surface area contributed by atoms with E-state index in [2.05, 4.69) is 87.3 Å². The number of pyridine rings is 3. The average Bonchev–Trinajstić information content (AvgIpc) is 3.53.